The minimum Gasteiger partial charge on any atom is -0.482 e. The Labute approximate surface area is 202 Å². The van der Waals surface area contributed by atoms with Crippen molar-refractivity contribution in [1.29, 1.82) is 0 Å². The van der Waals surface area contributed by atoms with E-state index in [-0.39, 0.29) is 34.3 Å². The first-order valence-corrected chi connectivity index (χ1v) is 11.4. The number of aryl methyl sites for hydroxylation is 2. The number of benzene rings is 2. The Kier molecular flexibility index (Phi) is 7.34. The van der Waals surface area contributed by atoms with Crippen LogP contribution in [0.15, 0.2) is 57.9 Å². The number of nitrogens with zero attached hydrogens (tertiary/aromatic N) is 2. The van der Waals surface area contributed by atoms with Gasteiger partial charge in [0.25, 0.3) is 5.91 Å². The summed E-state index contributed by atoms with van der Waals surface area (Å²) in [7, 11) is 0. The van der Waals surface area contributed by atoms with Crippen molar-refractivity contribution in [3.63, 3.8) is 0 Å². The van der Waals surface area contributed by atoms with Gasteiger partial charge in [0.1, 0.15) is 24.4 Å². The van der Waals surface area contributed by atoms with E-state index in [2.05, 4.69) is 11.0 Å². The van der Waals surface area contributed by atoms with Gasteiger partial charge in [-0.05, 0) is 37.6 Å². The van der Waals surface area contributed by atoms with E-state index in [1.807, 2.05) is 26.0 Å². The van der Waals surface area contributed by atoms with Crippen LogP contribution in [0.4, 0.5) is 4.39 Å². The van der Waals surface area contributed by atoms with E-state index >= 15 is 0 Å². The fourth-order valence-electron chi connectivity index (χ4n) is 4.10. The zero-order valence-electron chi connectivity index (χ0n) is 19.1. The number of carbonyl (C=O) groups is 1. The highest BCUT2D eigenvalue weighted by Crippen LogP contribution is 2.20. The minimum absolute atomic E-state index is 0.164. The van der Waals surface area contributed by atoms with E-state index < -0.39 is 5.82 Å². The third-order valence-corrected chi connectivity index (χ3v) is 6.06. The Balaban J connectivity index is 1.31. The molecule has 0 spiro atoms. The topological polar surface area (TPSA) is 63.0 Å². The van der Waals surface area contributed by atoms with Crippen molar-refractivity contribution >= 4 is 17.5 Å². The van der Waals surface area contributed by atoms with Crippen molar-refractivity contribution in [2.24, 2.45) is 0 Å². The maximum atomic E-state index is 13.5. The normalized spacial score (nSPS) is 14.3. The summed E-state index contributed by atoms with van der Waals surface area (Å²) < 4.78 is 24.8. The van der Waals surface area contributed by atoms with E-state index in [0.29, 0.717) is 38.5 Å². The quantitative estimate of drug-likeness (QED) is 0.512. The first-order valence-electron chi connectivity index (χ1n) is 11.1. The second kappa shape index (κ2) is 10.4. The van der Waals surface area contributed by atoms with Gasteiger partial charge >= 0.3 is 0 Å². The lowest BCUT2D eigenvalue weighted by Gasteiger charge is -2.34. The van der Waals surface area contributed by atoms with E-state index in [9.17, 15) is 14.0 Å². The number of amides is 1. The van der Waals surface area contributed by atoms with Crippen molar-refractivity contribution in [3.8, 4) is 5.75 Å². The van der Waals surface area contributed by atoms with Crippen molar-refractivity contribution in [2.45, 2.75) is 27.0 Å². The van der Waals surface area contributed by atoms with Gasteiger partial charge in [-0.2, -0.15) is 0 Å². The summed E-state index contributed by atoms with van der Waals surface area (Å²) in [6.07, 6.45) is 1.35. The van der Waals surface area contributed by atoms with Gasteiger partial charge in [-0.3, -0.25) is 14.5 Å². The number of hydrogen-bond donors (Lipinski definition) is 0. The summed E-state index contributed by atoms with van der Waals surface area (Å²) in [6, 6.07) is 11.4. The van der Waals surface area contributed by atoms with Crippen LogP contribution in [0.3, 0.4) is 0 Å². The third-order valence-electron chi connectivity index (χ3n) is 5.73. The Bertz CT molecular complexity index is 1230. The van der Waals surface area contributed by atoms with Gasteiger partial charge in [0.15, 0.2) is 0 Å². The van der Waals surface area contributed by atoms with Crippen LogP contribution in [-0.4, -0.2) is 41.9 Å². The molecule has 2 aromatic carbocycles. The molecule has 34 heavy (non-hydrogen) atoms. The monoisotopic (exact) mass is 484 g/mol. The van der Waals surface area contributed by atoms with Gasteiger partial charge in [0.05, 0.1) is 17.1 Å². The molecule has 1 aromatic heterocycles. The predicted octanol–water partition coefficient (Wildman–Crippen LogP) is 4.59. The number of hydrogen-bond acceptors (Lipinski definition) is 5. The highest BCUT2D eigenvalue weighted by molar-refractivity contribution is 6.33. The average molecular weight is 485 g/mol. The number of halogens is 2. The maximum absolute atomic E-state index is 13.5. The molecular formula is C26H26ClFN2O4. The number of ether oxygens (including phenoxy) is 1. The molecule has 1 saturated heterocycles. The van der Waals surface area contributed by atoms with Crippen molar-refractivity contribution in [2.75, 3.05) is 26.2 Å². The van der Waals surface area contributed by atoms with Gasteiger partial charge in [-0.15, -0.1) is 0 Å². The molecule has 0 N–H and O–H groups in total. The fraction of sp³-hybridized carbons (Fsp3) is 0.308. The summed E-state index contributed by atoms with van der Waals surface area (Å²) in [5, 5.41) is 0.232. The van der Waals surface area contributed by atoms with Crippen molar-refractivity contribution in [3.05, 3.63) is 97.8 Å². The minimum atomic E-state index is -0.497. The van der Waals surface area contributed by atoms with Crippen molar-refractivity contribution < 1.29 is 18.3 Å². The van der Waals surface area contributed by atoms with Crippen LogP contribution in [-0.2, 0) is 13.2 Å². The van der Waals surface area contributed by atoms with Gasteiger partial charge in [0.2, 0.25) is 11.2 Å². The van der Waals surface area contributed by atoms with Gasteiger partial charge < -0.3 is 14.1 Å². The lowest BCUT2D eigenvalue weighted by Crippen LogP contribution is -2.48. The molecule has 178 valence electrons. The lowest BCUT2D eigenvalue weighted by molar-refractivity contribution is 0.0619. The first-order chi connectivity index (χ1) is 16.3. The Morgan fingerprint density at radius 3 is 2.44 bits per heavy atom. The van der Waals surface area contributed by atoms with Gasteiger partial charge in [0, 0.05) is 32.2 Å². The second-order valence-electron chi connectivity index (χ2n) is 8.55. The predicted molar refractivity (Wildman–Crippen MR) is 128 cm³/mol. The molecule has 0 atom stereocenters. The molecule has 4 rings (SSSR count). The molecule has 0 aliphatic carbocycles. The van der Waals surface area contributed by atoms with Crippen LogP contribution in [0.5, 0.6) is 5.75 Å². The molecule has 0 radical (unpaired) electrons. The highest BCUT2D eigenvalue weighted by atomic mass is 35.5. The van der Waals surface area contributed by atoms with Crippen molar-refractivity contribution in [1.82, 2.24) is 9.80 Å². The SMILES string of the molecule is Cc1cc(C)cc(COc2coc(CN3CCN(C(=O)c4cc(F)ccc4Cl)CC3)cc2=O)c1. The summed E-state index contributed by atoms with van der Waals surface area (Å²) in [4.78, 5) is 28.9. The Hall–Kier alpha value is -3.16. The van der Waals surface area contributed by atoms with E-state index in [1.54, 1.807) is 4.90 Å². The molecule has 0 saturated carbocycles. The van der Waals surface area contributed by atoms with Crippen LogP contribution in [0.2, 0.25) is 5.02 Å². The Morgan fingerprint density at radius 2 is 1.76 bits per heavy atom. The van der Waals surface area contributed by atoms with E-state index in [0.717, 1.165) is 22.8 Å². The molecule has 0 unspecified atom stereocenters. The molecule has 0 bridgehead atoms. The third kappa shape index (κ3) is 5.85. The Morgan fingerprint density at radius 1 is 1.06 bits per heavy atom. The van der Waals surface area contributed by atoms with Crippen LogP contribution in [0.1, 0.15) is 32.8 Å². The molecule has 1 aliphatic heterocycles. The standard InChI is InChI=1S/C26H26ClFN2O4/c1-17-9-18(2)11-19(10-17)15-34-25-16-33-21(13-24(25)31)14-29-5-7-30(8-6-29)26(32)22-12-20(28)3-4-23(22)27/h3-4,9-13,16H,5-8,14-15H2,1-2H3. The summed E-state index contributed by atoms with van der Waals surface area (Å²) in [5.41, 5.74) is 3.20. The average Bonchev–Trinajstić information content (AvgIpc) is 2.79. The lowest BCUT2D eigenvalue weighted by atomic mass is 10.1. The molecule has 1 fully saturated rings. The first kappa shape index (κ1) is 24.0. The largest absolute Gasteiger partial charge is 0.482 e. The zero-order chi connectivity index (χ0) is 24.2. The number of piperazine rings is 1. The highest BCUT2D eigenvalue weighted by Gasteiger charge is 2.24. The summed E-state index contributed by atoms with van der Waals surface area (Å²) >= 11 is 6.07. The number of rotatable bonds is 6. The van der Waals surface area contributed by atoms with Crippen LogP contribution in [0.25, 0.3) is 0 Å². The molecule has 1 amide bonds. The zero-order valence-corrected chi connectivity index (χ0v) is 19.9. The number of carbonyl (C=O) groups excluding carboxylic acids is 1. The molecule has 3 aromatic rings. The maximum Gasteiger partial charge on any atom is 0.255 e. The molecular weight excluding hydrogens is 459 g/mol. The van der Waals surface area contributed by atoms with E-state index in [1.165, 1.54) is 24.5 Å². The van der Waals surface area contributed by atoms with Crippen LogP contribution in [0, 0.1) is 19.7 Å². The molecule has 8 heteroatoms. The summed E-state index contributed by atoms with van der Waals surface area (Å²) in [6.45, 7) is 6.88. The molecule has 1 aliphatic rings. The molecule has 6 nitrogen and oxygen atoms in total. The van der Waals surface area contributed by atoms with Gasteiger partial charge in [-0.1, -0.05) is 40.9 Å². The second-order valence-corrected chi connectivity index (χ2v) is 8.96. The van der Waals surface area contributed by atoms with Gasteiger partial charge in [-0.25, -0.2) is 4.39 Å². The smallest absolute Gasteiger partial charge is 0.255 e. The van der Waals surface area contributed by atoms with Crippen LogP contribution >= 0.6 is 11.6 Å². The fourth-order valence-corrected chi connectivity index (χ4v) is 4.30. The van der Waals surface area contributed by atoms with Crippen LogP contribution < -0.4 is 10.2 Å². The summed E-state index contributed by atoms with van der Waals surface area (Å²) in [5.74, 6) is -0.0918. The molecule has 2 heterocycles. The van der Waals surface area contributed by atoms with E-state index in [4.69, 9.17) is 20.8 Å².